The SMILES string of the molecule is Cc1ccc(N2C(=O)CN([C@H](C)c3ccccc3)[C@H]3CS(=O)(=O)C[C@H]32)cc1Cl. The quantitative estimate of drug-likeness (QED) is 0.767. The fourth-order valence-electron chi connectivity index (χ4n) is 4.32. The van der Waals surface area contributed by atoms with Crippen molar-refractivity contribution in [2.24, 2.45) is 0 Å². The Morgan fingerprint density at radius 2 is 1.75 bits per heavy atom. The fourth-order valence-corrected chi connectivity index (χ4v) is 6.46. The van der Waals surface area contributed by atoms with Crippen LogP contribution in [0.5, 0.6) is 0 Å². The Bertz CT molecular complexity index is 1010. The van der Waals surface area contributed by atoms with Crippen LogP contribution in [0.15, 0.2) is 48.5 Å². The average molecular weight is 419 g/mol. The summed E-state index contributed by atoms with van der Waals surface area (Å²) in [6.45, 7) is 4.11. The number of halogens is 1. The summed E-state index contributed by atoms with van der Waals surface area (Å²) in [7, 11) is -3.23. The summed E-state index contributed by atoms with van der Waals surface area (Å²) in [5.41, 5.74) is 2.66. The Kier molecular flexibility index (Phi) is 4.98. The average Bonchev–Trinajstić information content (AvgIpc) is 2.98. The van der Waals surface area contributed by atoms with Gasteiger partial charge in [0.05, 0.1) is 24.1 Å². The van der Waals surface area contributed by atoms with E-state index in [2.05, 4.69) is 0 Å². The zero-order valence-electron chi connectivity index (χ0n) is 15.9. The van der Waals surface area contributed by atoms with Crippen molar-refractivity contribution in [1.29, 1.82) is 0 Å². The normalized spacial score (nSPS) is 25.5. The third-order valence-corrected chi connectivity index (χ3v) is 7.96. The van der Waals surface area contributed by atoms with Crippen molar-refractivity contribution in [3.63, 3.8) is 0 Å². The lowest BCUT2D eigenvalue weighted by Crippen LogP contribution is -2.62. The second kappa shape index (κ2) is 7.17. The molecule has 5 nitrogen and oxygen atoms in total. The lowest BCUT2D eigenvalue weighted by Gasteiger charge is -2.46. The van der Waals surface area contributed by atoms with Gasteiger partial charge >= 0.3 is 0 Å². The van der Waals surface area contributed by atoms with Crippen molar-refractivity contribution < 1.29 is 13.2 Å². The molecule has 0 N–H and O–H groups in total. The van der Waals surface area contributed by atoms with Gasteiger partial charge in [0.15, 0.2) is 9.84 Å². The first-order chi connectivity index (χ1) is 13.3. The van der Waals surface area contributed by atoms with Gasteiger partial charge in [-0.2, -0.15) is 0 Å². The molecule has 0 unspecified atom stereocenters. The number of nitrogens with zero attached hydrogens (tertiary/aromatic N) is 2. The van der Waals surface area contributed by atoms with Gasteiger partial charge in [0.25, 0.3) is 0 Å². The van der Waals surface area contributed by atoms with Gasteiger partial charge in [-0.05, 0) is 37.1 Å². The van der Waals surface area contributed by atoms with Crippen molar-refractivity contribution in [3.05, 3.63) is 64.7 Å². The van der Waals surface area contributed by atoms with Crippen molar-refractivity contribution in [2.45, 2.75) is 32.0 Å². The summed E-state index contributed by atoms with van der Waals surface area (Å²) in [6.07, 6.45) is 0. The number of carbonyl (C=O) groups excluding carboxylic acids is 1. The van der Waals surface area contributed by atoms with Crippen LogP contribution in [-0.2, 0) is 14.6 Å². The van der Waals surface area contributed by atoms with Crippen LogP contribution < -0.4 is 4.90 Å². The minimum atomic E-state index is -3.23. The number of aryl methyl sites for hydroxylation is 1. The zero-order chi connectivity index (χ0) is 20.1. The maximum absolute atomic E-state index is 13.1. The number of anilines is 1. The van der Waals surface area contributed by atoms with Gasteiger partial charge in [-0.25, -0.2) is 8.42 Å². The summed E-state index contributed by atoms with van der Waals surface area (Å²) in [6, 6.07) is 14.7. The minimum Gasteiger partial charge on any atom is -0.306 e. The van der Waals surface area contributed by atoms with E-state index in [0.717, 1.165) is 11.1 Å². The number of carbonyl (C=O) groups is 1. The van der Waals surface area contributed by atoms with Crippen molar-refractivity contribution in [3.8, 4) is 0 Å². The number of hydrogen-bond donors (Lipinski definition) is 0. The van der Waals surface area contributed by atoms with E-state index >= 15 is 0 Å². The van der Waals surface area contributed by atoms with E-state index in [-0.39, 0.29) is 36.0 Å². The van der Waals surface area contributed by atoms with Crippen LogP contribution in [0.4, 0.5) is 5.69 Å². The molecule has 0 saturated carbocycles. The first-order valence-corrected chi connectivity index (χ1v) is 11.6. The lowest BCUT2D eigenvalue weighted by molar-refractivity contribution is -0.124. The molecule has 4 rings (SSSR count). The molecular weight excluding hydrogens is 396 g/mol. The third-order valence-electron chi connectivity index (χ3n) is 5.85. The number of fused-ring (bicyclic) bond motifs is 1. The molecule has 2 aliphatic rings. The van der Waals surface area contributed by atoms with Crippen LogP contribution >= 0.6 is 11.6 Å². The molecular formula is C21H23ClN2O3S. The number of benzene rings is 2. The highest BCUT2D eigenvalue weighted by atomic mass is 35.5. The Balaban J connectivity index is 1.72. The first kappa shape index (κ1) is 19.4. The summed E-state index contributed by atoms with van der Waals surface area (Å²) in [4.78, 5) is 16.8. The van der Waals surface area contributed by atoms with E-state index < -0.39 is 15.9 Å². The molecule has 0 bridgehead atoms. The van der Waals surface area contributed by atoms with Gasteiger partial charge in [-0.1, -0.05) is 48.0 Å². The second-order valence-electron chi connectivity index (χ2n) is 7.67. The molecule has 3 atom stereocenters. The predicted octanol–water partition coefficient (Wildman–Crippen LogP) is 3.22. The lowest BCUT2D eigenvalue weighted by atomic mass is 9.98. The molecule has 7 heteroatoms. The fraction of sp³-hybridized carbons (Fsp3) is 0.381. The van der Waals surface area contributed by atoms with Crippen LogP contribution in [0.2, 0.25) is 5.02 Å². The number of piperazine rings is 1. The van der Waals surface area contributed by atoms with E-state index in [1.807, 2.05) is 61.2 Å². The van der Waals surface area contributed by atoms with E-state index in [0.29, 0.717) is 10.7 Å². The van der Waals surface area contributed by atoms with Gasteiger partial charge in [-0.3, -0.25) is 9.69 Å². The molecule has 0 spiro atoms. The zero-order valence-corrected chi connectivity index (χ0v) is 17.4. The molecule has 0 aromatic heterocycles. The van der Waals surface area contributed by atoms with Gasteiger partial charge < -0.3 is 4.90 Å². The van der Waals surface area contributed by atoms with E-state index in [9.17, 15) is 13.2 Å². The third kappa shape index (κ3) is 3.45. The van der Waals surface area contributed by atoms with E-state index in [1.165, 1.54) is 0 Å². The standard InChI is InChI=1S/C21H23ClN2O3S/c1-14-8-9-17(10-18(14)22)24-20-13-28(26,27)12-19(20)23(11-21(24)25)15(2)16-6-4-3-5-7-16/h3-10,15,19-20H,11-13H2,1-2H3/t15-,19+,20-/m1/s1. The number of hydrogen-bond acceptors (Lipinski definition) is 4. The second-order valence-corrected chi connectivity index (χ2v) is 10.2. The molecule has 1 amide bonds. The van der Waals surface area contributed by atoms with Crippen molar-refractivity contribution >= 4 is 33.0 Å². The highest BCUT2D eigenvalue weighted by molar-refractivity contribution is 7.91. The summed E-state index contributed by atoms with van der Waals surface area (Å²) < 4.78 is 25.0. The Hall–Kier alpha value is -1.89. The molecule has 2 aromatic carbocycles. The van der Waals surface area contributed by atoms with Gasteiger partial charge in [0.2, 0.25) is 5.91 Å². The van der Waals surface area contributed by atoms with Crippen molar-refractivity contribution in [1.82, 2.24) is 4.90 Å². The monoisotopic (exact) mass is 418 g/mol. The minimum absolute atomic E-state index is 0.0209. The Morgan fingerprint density at radius 3 is 2.43 bits per heavy atom. The molecule has 0 radical (unpaired) electrons. The smallest absolute Gasteiger partial charge is 0.241 e. The molecule has 2 saturated heterocycles. The number of amides is 1. The van der Waals surface area contributed by atoms with Crippen LogP contribution in [0, 0.1) is 6.92 Å². The van der Waals surface area contributed by atoms with Gasteiger partial charge in [0.1, 0.15) is 0 Å². The van der Waals surface area contributed by atoms with E-state index in [1.54, 1.807) is 11.0 Å². The highest BCUT2D eigenvalue weighted by Gasteiger charge is 2.50. The highest BCUT2D eigenvalue weighted by Crippen LogP contribution is 2.37. The molecule has 148 valence electrons. The van der Waals surface area contributed by atoms with Crippen molar-refractivity contribution in [2.75, 3.05) is 23.0 Å². The topological polar surface area (TPSA) is 57.7 Å². The largest absolute Gasteiger partial charge is 0.306 e. The molecule has 2 aliphatic heterocycles. The van der Waals surface area contributed by atoms with Gasteiger partial charge in [0, 0.05) is 22.8 Å². The van der Waals surface area contributed by atoms with Gasteiger partial charge in [-0.15, -0.1) is 0 Å². The Labute approximate surface area is 170 Å². The Morgan fingerprint density at radius 1 is 1.07 bits per heavy atom. The molecule has 2 aromatic rings. The molecule has 2 fully saturated rings. The summed E-state index contributed by atoms with van der Waals surface area (Å²) >= 11 is 6.27. The molecule has 0 aliphatic carbocycles. The van der Waals surface area contributed by atoms with Crippen LogP contribution in [0.3, 0.4) is 0 Å². The van der Waals surface area contributed by atoms with Crippen LogP contribution in [-0.4, -0.2) is 49.4 Å². The van der Waals surface area contributed by atoms with Crippen LogP contribution in [0.1, 0.15) is 24.1 Å². The number of sulfone groups is 1. The molecule has 28 heavy (non-hydrogen) atoms. The predicted molar refractivity (Wildman–Crippen MR) is 111 cm³/mol. The maximum Gasteiger partial charge on any atom is 0.241 e. The van der Waals surface area contributed by atoms with Crippen LogP contribution in [0.25, 0.3) is 0 Å². The number of rotatable bonds is 3. The summed E-state index contributed by atoms with van der Waals surface area (Å²) in [5.74, 6) is -0.0495. The summed E-state index contributed by atoms with van der Waals surface area (Å²) in [5, 5.41) is 0.572. The molecule has 2 heterocycles. The first-order valence-electron chi connectivity index (χ1n) is 9.36. The maximum atomic E-state index is 13.1. The van der Waals surface area contributed by atoms with E-state index in [4.69, 9.17) is 11.6 Å².